The van der Waals surface area contributed by atoms with E-state index in [1.807, 2.05) is 36.5 Å². The molecule has 4 heterocycles. The van der Waals surface area contributed by atoms with Crippen LogP contribution < -0.4 is 42.1 Å². The summed E-state index contributed by atoms with van der Waals surface area (Å²) in [4.78, 5) is 270. The van der Waals surface area contributed by atoms with Gasteiger partial charge in [0.25, 0.3) is 47.3 Å². The molecule has 4 saturated heterocycles. The number of nitrogens with zero attached hydrogens (tertiary/aromatic N) is 5. The number of fused-ring (bicyclic) bond motifs is 15. The van der Waals surface area contributed by atoms with Crippen LogP contribution in [0.1, 0.15) is 148 Å². The zero-order chi connectivity index (χ0) is 93.9. The molecule has 36 nitrogen and oxygen atoms in total. The maximum absolute atomic E-state index is 13.3. The van der Waals surface area contributed by atoms with Crippen molar-refractivity contribution < 1.29 is 115 Å². The number of hydrogen-bond acceptors (Lipinski definition) is 24. The van der Waals surface area contributed by atoms with Crippen molar-refractivity contribution in [1.82, 2.24) is 20.3 Å². The lowest BCUT2D eigenvalue weighted by molar-refractivity contribution is -0.176. The summed E-state index contributed by atoms with van der Waals surface area (Å²) in [7, 11) is 1.49. The van der Waals surface area contributed by atoms with Gasteiger partial charge in [-0.2, -0.15) is 0 Å². The first-order valence-electron chi connectivity index (χ1n) is 38.2. The average molecular weight is 2530 g/mol. The van der Waals surface area contributed by atoms with Gasteiger partial charge in [0.15, 0.2) is 0 Å². The van der Waals surface area contributed by atoms with Gasteiger partial charge in [0, 0.05) is 73.8 Å². The first-order valence-corrected chi connectivity index (χ1v) is 47.7. The molecule has 12 atom stereocenters. The highest BCUT2D eigenvalue weighted by molar-refractivity contribution is 9.13. The number of anilines is 8. The van der Waals surface area contributed by atoms with Crippen molar-refractivity contribution >= 4 is 355 Å². The molecule has 672 valence electrons. The molecule has 12 unspecified atom stereocenters. The van der Waals surface area contributed by atoms with E-state index in [4.69, 9.17) is 19.4 Å². The summed E-state index contributed by atoms with van der Waals surface area (Å²) in [6.45, 7) is 11.4. The smallest absolute Gasteiger partial charge is 0.325 e. The fourth-order valence-electron chi connectivity index (χ4n) is 16.0. The summed E-state index contributed by atoms with van der Waals surface area (Å²) >= 11 is 39.7. The maximum atomic E-state index is 13.3. The molecule has 4 aromatic carbocycles. The van der Waals surface area contributed by atoms with Gasteiger partial charge in [0.1, 0.15) is 0 Å². The SMILES string of the molecule is CC(=O)Nc1c(Br)c(C(=O)ON2C(=O)C3C4C=CC(C4)C3C2=O)c(Br)c(N(C)C(C)=O)c1Br.CC(=O)Nc1c(Br)c(NC(C)=O)c(Br)c(C(=O)ON2C(=O)C3C4C=CC(C4)C3C2=O)c1Br.CCC(=O)Nc1c(Br)c(NC(=O)CC)c(Br)c(C(=O)ON2C(=O)CCC2=O)c1Br.CCC(=O)Nc1c(Br)c(NC(C)=O)c(Br)c(C(=O)ON2C(=O)C3C4C=CC(C4)C3C2=O)c1Br. The number of imide groups is 4. The van der Waals surface area contributed by atoms with Gasteiger partial charge >= 0.3 is 23.9 Å². The standard InChI is InChI=1S/2C21H18Br3N3O6.C20H16Br3N3O6.C17H16Br3N3O6/c1-7(28)25-17-14(22)13(15(23)18(16(17)24)26(3)8(2)29)21(32)33-27-19(30)11-9-4-5-10(6-9)12(11)20(27)31;1-3-10(29)26-18-15(23)13(14(22)17(16(18)24)25-7(2)28)21(32)33-27-19(30)11-8-4-5-9(6-8)12(11)20(27)31;1-6(27)24-16-13(21)12(14(22)17(15(16)23)25-7(2)28)20(31)32-26-18(29)10-8-3-4-9(5-8)11(10)19(26)30;1-3-7(24)21-15-12(18)11(13(19)16(14(15)20)22-8(25)4-2)17(28)29-23-9(26)5-6-10(23)27/h4-5,9-12H,6H2,1-3H3,(H,25,28);4-5,8-9,11-12H,3,6H2,1-2H3,(H,25,28)(H,26,29);3-4,8-11H,5H2,1-2H3,(H,24,27)(H,25,28);3-6H2,1-2H3,(H,21,24)(H,22,25). The van der Waals surface area contributed by atoms with Crippen molar-refractivity contribution in [2.45, 2.75) is 107 Å². The Kier molecular flexibility index (Phi) is 31.7. The minimum Gasteiger partial charge on any atom is -0.325 e. The lowest BCUT2D eigenvalue weighted by Crippen LogP contribution is -2.35. The Balaban J connectivity index is 0.000000164. The van der Waals surface area contributed by atoms with Crippen LogP contribution in [0.2, 0.25) is 0 Å². The Morgan fingerprint density at radius 3 is 0.709 bits per heavy atom. The van der Waals surface area contributed by atoms with Crippen LogP contribution in [-0.2, 0) is 96.1 Å². The van der Waals surface area contributed by atoms with Crippen molar-refractivity contribution in [1.29, 1.82) is 0 Å². The predicted molar refractivity (Wildman–Crippen MR) is 493 cm³/mol. The van der Waals surface area contributed by atoms with Gasteiger partial charge in [-0.1, -0.05) is 57.2 Å². The first-order chi connectivity index (χ1) is 59.6. The van der Waals surface area contributed by atoms with Crippen molar-refractivity contribution in [2.75, 3.05) is 49.2 Å². The number of hydrogen-bond donors (Lipinski definition) is 7. The summed E-state index contributed by atoms with van der Waals surface area (Å²) in [6.07, 6.45) is 14.3. The van der Waals surface area contributed by atoms with Gasteiger partial charge in [0.05, 0.1) is 157 Å². The van der Waals surface area contributed by atoms with Gasteiger partial charge in [-0.05, 0) is 246 Å². The topological polar surface area (TPSA) is 479 Å². The van der Waals surface area contributed by atoms with Crippen LogP contribution in [0.15, 0.2) is 90.1 Å². The second-order valence-electron chi connectivity index (χ2n) is 29.8. The summed E-state index contributed by atoms with van der Waals surface area (Å²) < 4.78 is 2.36. The molecule has 0 radical (unpaired) electrons. The van der Waals surface area contributed by atoms with E-state index < -0.39 is 130 Å². The number of rotatable bonds is 19. The Morgan fingerprint density at radius 1 is 0.307 bits per heavy atom. The lowest BCUT2D eigenvalue weighted by atomic mass is 9.85. The normalized spacial score (nSPS) is 22.3. The Hall–Kier alpha value is -7.94. The van der Waals surface area contributed by atoms with Crippen LogP contribution in [0.4, 0.5) is 45.5 Å². The lowest BCUT2D eigenvalue weighted by Gasteiger charge is -2.24. The predicted octanol–water partition coefficient (Wildman–Crippen LogP) is 15.6. The number of hydroxylamine groups is 8. The highest BCUT2D eigenvalue weighted by Gasteiger charge is 2.64. The molecule has 14 rings (SSSR count). The number of halogens is 12. The van der Waals surface area contributed by atoms with Crippen LogP contribution in [0.3, 0.4) is 0 Å². The Labute approximate surface area is 821 Å². The Bertz CT molecular complexity index is 5530. The van der Waals surface area contributed by atoms with Crippen LogP contribution in [0.5, 0.6) is 0 Å². The molecule has 16 amide bonds. The van der Waals surface area contributed by atoms with E-state index in [-0.39, 0.29) is 195 Å². The third kappa shape index (κ3) is 19.4. The summed E-state index contributed by atoms with van der Waals surface area (Å²) in [5.74, 6) is -15.0. The summed E-state index contributed by atoms with van der Waals surface area (Å²) in [5.41, 5.74) is 0.979. The third-order valence-corrected chi connectivity index (χ3v) is 31.3. The summed E-state index contributed by atoms with van der Waals surface area (Å²) in [5, 5.41) is 20.3. The zero-order valence-corrected chi connectivity index (χ0v) is 86.2. The molecule has 4 aromatic rings. The molecule has 7 fully saturated rings. The van der Waals surface area contributed by atoms with Gasteiger partial charge in [-0.3, -0.25) is 76.7 Å². The minimum absolute atomic E-state index is 0.0333. The highest BCUT2D eigenvalue weighted by Crippen LogP contribution is 2.58. The minimum atomic E-state index is -1.03. The third-order valence-electron chi connectivity index (χ3n) is 21.8. The molecule has 48 heteroatoms. The number of benzene rings is 4. The number of nitrogens with one attached hydrogen (secondary N) is 7. The first kappa shape index (κ1) is 99.6. The molecule has 10 aliphatic rings. The quantitative estimate of drug-likeness (QED) is 0.0339. The highest BCUT2D eigenvalue weighted by atomic mass is 79.9. The second-order valence-corrected chi connectivity index (χ2v) is 39.3. The monoisotopic (exact) mass is 2520 g/mol. The van der Waals surface area contributed by atoms with E-state index in [0.717, 1.165) is 19.3 Å². The van der Waals surface area contributed by atoms with Crippen LogP contribution in [0.25, 0.3) is 0 Å². The average Bonchev–Trinajstić information content (AvgIpc) is 1.50. The molecule has 0 spiro atoms. The van der Waals surface area contributed by atoms with Crippen molar-refractivity contribution in [3.8, 4) is 0 Å². The molecular formula is C79H68Br12N12O24. The molecule has 4 aliphatic heterocycles. The van der Waals surface area contributed by atoms with Crippen LogP contribution >= 0.6 is 191 Å². The van der Waals surface area contributed by atoms with E-state index in [1.54, 1.807) is 20.8 Å². The fourth-order valence-corrected chi connectivity index (χ4v) is 27.2. The number of carbonyl (C=O) groups is 20. The molecule has 127 heavy (non-hydrogen) atoms. The molecule has 6 bridgehead atoms. The molecule has 7 N–H and O–H groups in total. The molecule has 3 saturated carbocycles. The van der Waals surface area contributed by atoms with E-state index >= 15 is 0 Å². The molecular weight excluding hydrogens is 2460 g/mol. The van der Waals surface area contributed by atoms with E-state index in [0.29, 0.717) is 38.1 Å². The zero-order valence-electron chi connectivity index (χ0n) is 67.1. The maximum Gasteiger partial charge on any atom is 0.366 e. The van der Waals surface area contributed by atoms with Crippen molar-refractivity contribution in [3.05, 3.63) is 112 Å². The second kappa shape index (κ2) is 40.4. The number of allylic oxidation sites excluding steroid dienone is 6. The number of amides is 16. The van der Waals surface area contributed by atoms with E-state index in [9.17, 15) is 95.9 Å². The van der Waals surface area contributed by atoms with E-state index in [2.05, 4.69) is 228 Å². The van der Waals surface area contributed by atoms with Gasteiger partial charge in [-0.15, -0.1) is 20.3 Å². The van der Waals surface area contributed by atoms with Gasteiger partial charge in [-0.25, -0.2) is 19.2 Å². The fraction of sp³-hybridized carbons (Fsp3) is 0.367. The van der Waals surface area contributed by atoms with Gasteiger partial charge < -0.3 is 61.5 Å². The van der Waals surface area contributed by atoms with Crippen LogP contribution in [0, 0.1) is 71.0 Å². The summed E-state index contributed by atoms with van der Waals surface area (Å²) in [6, 6.07) is 0. The molecule has 6 aliphatic carbocycles. The van der Waals surface area contributed by atoms with E-state index in [1.165, 1.54) is 46.6 Å². The van der Waals surface area contributed by atoms with Crippen LogP contribution in [-0.4, -0.2) is 146 Å². The molecule has 0 aromatic heterocycles. The largest absolute Gasteiger partial charge is 0.366 e. The van der Waals surface area contributed by atoms with Crippen molar-refractivity contribution in [2.24, 2.45) is 71.0 Å². The number of carbonyl (C=O) groups excluding carboxylic acids is 20. The van der Waals surface area contributed by atoms with Crippen molar-refractivity contribution in [3.63, 3.8) is 0 Å². The Morgan fingerprint density at radius 2 is 0.504 bits per heavy atom. The van der Waals surface area contributed by atoms with Gasteiger partial charge in [0.2, 0.25) is 47.3 Å².